The summed E-state index contributed by atoms with van der Waals surface area (Å²) in [6.45, 7) is 3.78. The monoisotopic (exact) mass is 251 g/mol. The molecule has 0 fully saturated rings. The van der Waals surface area contributed by atoms with Crippen molar-refractivity contribution in [1.29, 1.82) is 5.26 Å². The van der Waals surface area contributed by atoms with E-state index >= 15 is 0 Å². The molecule has 0 spiro atoms. The number of benzene rings is 1. The van der Waals surface area contributed by atoms with Crippen LogP contribution in [0.25, 0.3) is 0 Å². The molecule has 0 aliphatic rings. The molecule has 0 atom stereocenters. The number of nitrogens with zero attached hydrogens (tertiary/aromatic N) is 1. The van der Waals surface area contributed by atoms with Gasteiger partial charge in [0.15, 0.2) is 6.61 Å². The lowest BCUT2D eigenvalue weighted by molar-refractivity contribution is -0.142. The Hall–Kier alpha value is -2.22. The van der Waals surface area contributed by atoms with Crippen molar-refractivity contribution < 1.29 is 19.0 Å². The van der Waals surface area contributed by atoms with Gasteiger partial charge in [-0.05, 0) is 12.1 Å². The van der Waals surface area contributed by atoms with Crippen molar-refractivity contribution in [1.82, 2.24) is 0 Å². The standard InChI is InChI=1S/C11H11NO4.C2H6/c1-14-9-3-4-10(8(5-9)6-12)16-7-11(13)15-2;1-2/h3-5H,7H2,1-2H3;1-2H3. The summed E-state index contributed by atoms with van der Waals surface area (Å²) in [6.07, 6.45) is 0. The number of ether oxygens (including phenoxy) is 3. The highest BCUT2D eigenvalue weighted by atomic mass is 16.6. The molecule has 0 N–H and O–H groups in total. The van der Waals surface area contributed by atoms with Crippen LogP contribution in [0.1, 0.15) is 19.4 Å². The first kappa shape index (κ1) is 15.8. The van der Waals surface area contributed by atoms with Crippen molar-refractivity contribution in [2.75, 3.05) is 20.8 Å². The first-order valence-corrected chi connectivity index (χ1v) is 5.49. The molecule has 5 heteroatoms. The molecular weight excluding hydrogens is 234 g/mol. The number of esters is 1. The number of carbonyl (C=O) groups is 1. The van der Waals surface area contributed by atoms with Crippen LogP contribution in [-0.2, 0) is 9.53 Å². The van der Waals surface area contributed by atoms with Crippen LogP contribution in [0.5, 0.6) is 11.5 Å². The van der Waals surface area contributed by atoms with E-state index in [0.717, 1.165) is 0 Å². The van der Waals surface area contributed by atoms with Gasteiger partial charge in [-0.2, -0.15) is 5.26 Å². The zero-order chi connectivity index (χ0) is 14.0. The van der Waals surface area contributed by atoms with Crippen molar-refractivity contribution in [3.05, 3.63) is 23.8 Å². The number of methoxy groups -OCH3 is 2. The number of hydrogen-bond donors (Lipinski definition) is 0. The molecule has 0 aromatic heterocycles. The van der Waals surface area contributed by atoms with Gasteiger partial charge in [-0.3, -0.25) is 0 Å². The Morgan fingerprint density at radius 1 is 1.33 bits per heavy atom. The second-order valence-corrected chi connectivity index (χ2v) is 2.84. The Morgan fingerprint density at radius 2 is 2.00 bits per heavy atom. The summed E-state index contributed by atoms with van der Waals surface area (Å²) in [7, 11) is 2.77. The minimum absolute atomic E-state index is 0.225. The smallest absolute Gasteiger partial charge is 0.343 e. The Kier molecular flexibility index (Phi) is 7.78. The van der Waals surface area contributed by atoms with Gasteiger partial charge in [0.05, 0.1) is 19.8 Å². The van der Waals surface area contributed by atoms with Gasteiger partial charge in [0.1, 0.15) is 17.6 Å². The minimum Gasteiger partial charge on any atom is -0.497 e. The van der Waals surface area contributed by atoms with E-state index in [1.807, 2.05) is 19.9 Å². The van der Waals surface area contributed by atoms with E-state index in [-0.39, 0.29) is 6.61 Å². The Labute approximate surface area is 107 Å². The third kappa shape index (κ3) is 4.74. The molecule has 0 heterocycles. The molecule has 1 rings (SSSR count). The molecule has 0 amide bonds. The van der Waals surface area contributed by atoms with Crippen LogP contribution in [0, 0.1) is 11.3 Å². The van der Waals surface area contributed by atoms with E-state index in [2.05, 4.69) is 4.74 Å². The fourth-order valence-electron chi connectivity index (χ4n) is 1.04. The van der Waals surface area contributed by atoms with Crippen molar-refractivity contribution in [2.24, 2.45) is 0 Å². The zero-order valence-corrected chi connectivity index (χ0v) is 11.0. The van der Waals surface area contributed by atoms with Gasteiger partial charge in [0, 0.05) is 6.07 Å². The molecule has 5 nitrogen and oxygen atoms in total. The van der Waals surface area contributed by atoms with Crippen molar-refractivity contribution >= 4 is 5.97 Å². The summed E-state index contributed by atoms with van der Waals surface area (Å²) in [4.78, 5) is 10.9. The molecule has 98 valence electrons. The molecule has 0 saturated carbocycles. The van der Waals surface area contributed by atoms with Crippen LogP contribution < -0.4 is 9.47 Å². The third-order valence-electron chi connectivity index (χ3n) is 1.88. The highest BCUT2D eigenvalue weighted by Crippen LogP contribution is 2.23. The van der Waals surface area contributed by atoms with Gasteiger partial charge in [0.25, 0.3) is 0 Å². The van der Waals surface area contributed by atoms with Crippen molar-refractivity contribution in [3.63, 3.8) is 0 Å². The van der Waals surface area contributed by atoms with E-state index in [0.29, 0.717) is 17.1 Å². The van der Waals surface area contributed by atoms with Crippen LogP contribution in [0.4, 0.5) is 0 Å². The molecule has 1 aromatic carbocycles. The third-order valence-corrected chi connectivity index (χ3v) is 1.88. The maximum absolute atomic E-state index is 10.9. The average Bonchev–Trinajstić information content (AvgIpc) is 2.46. The fraction of sp³-hybridized carbons (Fsp3) is 0.385. The summed E-state index contributed by atoms with van der Waals surface area (Å²) in [5.74, 6) is 0.385. The van der Waals surface area contributed by atoms with Gasteiger partial charge >= 0.3 is 5.97 Å². The summed E-state index contributed by atoms with van der Waals surface area (Å²) in [5.41, 5.74) is 0.309. The number of rotatable bonds is 4. The predicted octanol–water partition coefficient (Wildman–Crippen LogP) is 2.14. The van der Waals surface area contributed by atoms with E-state index in [9.17, 15) is 4.79 Å². The molecule has 18 heavy (non-hydrogen) atoms. The van der Waals surface area contributed by atoms with Crippen LogP contribution in [0.3, 0.4) is 0 Å². The molecule has 1 aromatic rings. The first-order valence-electron chi connectivity index (χ1n) is 5.49. The zero-order valence-electron chi connectivity index (χ0n) is 11.0. The maximum atomic E-state index is 10.9. The summed E-state index contributed by atoms with van der Waals surface area (Å²) < 4.78 is 14.5. The lowest BCUT2D eigenvalue weighted by Crippen LogP contribution is -2.13. The summed E-state index contributed by atoms with van der Waals surface area (Å²) >= 11 is 0. The Balaban J connectivity index is 0.00000137. The minimum atomic E-state index is -0.500. The molecular formula is C13H17NO4. The number of nitriles is 1. The molecule has 0 aliphatic heterocycles. The average molecular weight is 251 g/mol. The maximum Gasteiger partial charge on any atom is 0.343 e. The van der Waals surface area contributed by atoms with Crippen LogP contribution in [0.2, 0.25) is 0 Å². The first-order chi connectivity index (χ1) is 8.71. The van der Waals surface area contributed by atoms with Gasteiger partial charge in [-0.1, -0.05) is 13.8 Å². The number of hydrogen-bond acceptors (Lipinski definition) is 5. The SMILES string of the molecule is CC.COC(=O)COc1ccc(OC)cc1C#N. The lowest BCUT2D eigenvalue weighted by atomic mass is 10.2. The van der Waals surface area contributed by atoms with E-state index in [1.165, 1.54) is 20.3 Å². The molecule has 0 aliphatic carbocycles. The largest absolute Gasteiger partial charge is 0.497 e. The highest BCUT2D eigenvalue weighted by molar-refractivity contribution is 5.71. The van der Waals surface area contributed by atoms with E-state index in [4.69, 9.17) is 14.7 Å². The fourth-order valence-corrected chi connectivity index (χ4v) is 1.04. The second-order valence-electron chi connectivity index (χ2n) is 2.84. The molecule has 0 bridgehead atoms. The van der Waals surface area contributed by atoms with Crippen LogP contribution in [-0.4, -0.2) is 26.8 Å². The van der Waals surface area contributed by atoms with Crippen molar-refractivity contribution in [3.8, 4) is 17.6 Å². The highest BCUT2D eigenvalue weighted by Gasteiger charge is 2.07. The van der Waals surface area contributed by atoms with E-state index < -0.39 is 5.97 Å². The van der Waals surface area contributed by atoms with Crippen LogP contribution in [0.15, 0.2) is 18.2 Å². The van der Waals surface area contributed by atoms with E-state index in [1.54, 1.807) is 12.1 Å². The normalized spacial score (nSPS) is 8.39. The van der Waals surface area contributed by atoms with Gasteiger partial charge in [-0.25, -0.2) is 4.79 Å². The molecule has 0 radical (unpaired) electrons. The lowest BCUT2D eigenvalue weighted by Gasteiger charge is -2.07. The predicted molar refractivity (Wildman–Crippen MR) is 66.6 cm³/mol. The van der Waals surface area contributed by atoms with Gasteiger partial charge in [-0.15, -0.1) is 0 Å². The molecule has 0 unspecified atom stereocenters. The molecule has 0 saturated heterocycles. The number of carbonyl (C=O) groups excluding carboxylic acids is 1. The van der Waals surface area contributed by atoms with Gasteiger partial charge < -0.3 is 14.2 Å². The second kappa shape index (κ2) is 8.88. The summed E-state index contributed by atoms with van der Waals surface area (Å²) in [5, 5.41) is 8.86. The van der Waals surface area contributed by atoms with Gasteiger partial charge in [0.2, 0.25) is 0 Å². The Bertz CT molecular complexity index is 423. The Morgan fingerprint density at radius 3 is 2.50 bits per heavy atom. The summed E-state index contributed by atoms with van der Waals surface area (Å²) in [6, 6.07) is 6.71. The topological polar surface area (TPSA) is 68.6 Å². The quantitative estimate of drug-likeness (QED) is 0.767. The van der Waals surface area contributed by atoms with Crippen LogP contribution >= 0.6 is 0 Å². The van der Waals surface area contributed by atoms with Crippen molar-refractivity contribution in [2.45, 2.75) is 13.8 Å².